The minimum atomic E-state index is -0.864. The van der Waals surface area contributed by atoms with Crippen LogP contribution in [-0.2, 0) is 22.6 Å². The highest BCUT2D eigenvalue weighted by atomic mass is 32.1. The van der Waals surface area contributed by atoms with E-state index in [9.17, 15) is 9.59 Å². The van der Waals surface area contributed by atoms with E-state index in [4.69, 9.17) is 9.15 Å². The second-order valence-corrected chi connectivity index (χ2v) is 9.46. The zero-order valence-corrected chi connectivity index (χ0v) is 19.9. The molecular weight excluding hydrogens is 436 g/mol. The molecule has 1 aliphatic carbocycles. The molecule has 0 bridgehead atoms. The molecule has 1 aromatic carbocycles. The van der Waals surface area contributed by atoms with Crippen LogP contribution in [0.4, 0.5) is 0 Å². The summed E-state index contributed by atoms with van der Waals surface area (Å²) >= 11 is 1.53. The second-order valence-electron chi connectivity index (χ2n) is 8.43. The smallest absolute Gasteiger partial charge is 0.250 e. The van der Waals surface area contributed by atoms with E-state index in [0.717, 1.165) is 36.1 Å². The van der Waals surface area contributed by atoms with Crippen LogP contribution in [0.5, 0.6) is 5.75 Å². The number of aryl methyl sites for hydroxylation is 1. The molecule has 0 saturated heterocycles. The van der Waals surface area contributed by atoms with Crippen LogP contribution in [0, 0.1) is 6.92 Å². The molecule has 0 radical (unpaired) electrons. The second kappa shape index (κ2) is 10.7. The third-order valence-electron chi connectivity index (χ3n) is 6.05. The van der Waals surface area contributed by atoms with Gasteiger partial charge in [-0.25, -0.2) is 0 Å². The Morgan fingerprint density at radius 3 is 2.61 bits per heavy atom. The highest BCUT2D eigenvalue weighted by molar-refractivity contribution is 7.10. The lowest BCUT2D eigenvalue weighted by Crippen LogP contribution is -2.46. The topological polar surface area (TPSA) is 71.8 Å². The van der Waals surface area contributed by atoms with Gasteiger partial charge in [0.1, 0.15) is 17.3 Å². The third kappa shape index (κ3) is 5.66. The van der Waals surface area contributed by atoms with E-state index in [1.165, 1.54) is 11.3 Å². The largest absolute Gasteiger partial charge is 0.496 e. The van der Waals surface area contributed by atoms with Gasteiger partial charge in [0, 0.05) is 16.5 Å². The van der Waals surface area contributed by atoms with Gasteiger partial charge in [0.15, 0.2) is 6.04 Å². The van der Waals surface area contributed by atoms with Gasteiger partial charge in [-0.3, -0.25) is 9.59 Å². The Labute approximate surface area is 198 Å². The number of amides is 2. The fourth-order valence-corrected chi connectivity index (χ4v) is 5.08. The number of hydrogen-bond acceptors (Lipinski definition) is 5. The van der Waals surface area contributed by atoms with Crippen LogP contribution in [-0.4, -0.2) is 29.9 Å². The lowest BCUT2D eigenvalue weighted by molar-refractivity contribution is -0.142. The van der Waals surface area contributed by atoms with Crippen molar-refractivity contribution in [3.8, 4) is 5.75 Å². The van der Waals surface area contributed by atoms with Crippen LogP contribution >= 0.6 is 11.3 Å². The molecule has 1 unspecified atom stereocenters. The lowest BCUT2D eigenvalue weighted by Gasteiger charge is -2.31. The highest BCUT2D eigenvalue weighted by Crippen LogP contribution is 2.30. The Morgan fingerprint density at radius 1 is 1.15 bits per heavy atom. The minimum Gasteiger partial charge on any atom is -0.496 e. The Balaban J connectivity index is 1.70. The van der Waals surface area contributed by atoms with Crippen molar-refractivity contribution in [2.24, 2.45) is 0 Å². The first-order chi connectivity index (χ1) is 16.0. The van der Waals surface area contributed by atoms with Crippen molar-refractivity contribution in [2.75, 3.05) is 7.11 Å². The van der Waals surface area contributed by atoms with Gasteiger partial charge < -0.3 is 19.4 Å². The normalized spacial score (nSPS) is 14.7. The molecule has 1 atom stereocenters. The number of para-hydroxylation sites is 1. The molecule has 3 aromatic rings. The van der Waals surface area contributed by atoms with Gasteiger partial charge in [0.25, 0.3) is 5.91 Å². The number of nitrogens with zero attached hydrogens (tertiary/aromatic N) is 1. The summed E-state index contributed by atoms with van der Waals surface area (Å²) in [7, 11) is 1.61. The number of rotatable bonds is 9. The van der Waals surface area contributed by atoms with Gasteiger partial charge in [-0.05, 0) is 49.4 Å². The van der Waals surface area contributed by atoms with Gasteiger partial charge in [-0.1, -0.05) is 37.1 Å². The van der Waals surface area contributed by atoms with Crippen molar-refractivity contribution in [3.63, 3.8) is 0 Å². The van der Waals surface area contributed by atoms with Gasteiger partial charge in [-0.2, -0.15) is 0 Å². The van der Waals surface area contributed by atoms with E-state index >= 15 is 0 Å². The van der Waals surface area contributed by atoms with E-state index in [1.54, 1.807) is 18.1 Å². The molecule has 7 heteroatoms. The quantitative estimate of drug-likeness (QED) is 0.480. The van der Waals surface area contributed by atoms with Gasteiger partial charge in [0.2, 0.25) is 5.91 Å². The lowest BCUT2D eigenvalue weighted by atomic mass is 10.1. The number of benzene rings is 1. The molecule has 4 rings (SSSR count). The fourth-order valence-electron chi connectivity index (χ4n) is 4.38. The molecule has 2 aromatic heterocycles. The summed E-state index contributed by atoms with van der Waals surface area (Å²) in [6.45, 7) is 2.07. The zero-order valence-electron chi connectivity index (χ0n) is 19.1. The van der Waals surface area contributed by atoms with Crippen LogP contribution in [0.25, 0.3) is 0 Å². The Hall–Kier alpha value is -3.06. The summed E-state index contributed by atoms with van der Waals surface area (Å²) in [6, 6.07) is 14.3. The van der Waals surface area contributed by atoms with E-state index < -0.39 is 6.04 Å². The number of nitrogens with one attached hydrogen (secondary N) is 1. The maximum atomic E-state index is 13.6. The first kappa shape index (κ1) is 23.1. The molecule has 0 aliphatic heterocycles. The van der Waals surface area contributed by atoms with Gasteiger partial charge in [0.05, 0.1) is 20.1 Å². The highest BCUT2D eigenvalue weighted by Gasteiger charge is 2.35. The molecule has 174 valence electrons. The first-order valence-electron chi connectivity index (χ1n) is 11.4. The summed E-state index contributed by atoms with van der Waals surface area (Å²) in [4.78, 5) is 29.8. The molecular formula is C26H30N2O4S. The van der Waals surface area contributed by atoms with E-state index in [0.29, 0.717) is 17.3 Å². The predicted octanol–water partition coefficient (Wildman–Crippen LogP) is 5.03. The first-order valence-corrected chi connectivity index (χ1v) is 12.2. The van der Waals surface area contributed by atoms with E-state index in [2.05, 4.69) is 5.32 Å². The third-order valence-corrected chi connectivity index (χ3v) is 6.93. The van der Waals surface area contributed by atoms with Crippen molar-refractivity contribution < 1.29 is 18.7 Å². The molecule has 1 saturated carbocycles. The molecule has 1 N–H and O–H groups in total. The molecule has 6 nitrogen and oxygen atoms in total. The van der Waals surface area contributed by atoms with E-state index in [-0.39, 0.29) is 30.8 Å². The van der Waals surface area contributed by atoms with E-state index in [1.807, 2.05) is 54.8 Å². The Kier molecular flexibility index (Phi) is 7.50. The van der Waals surface area contributed by atoms with Crippen LogP contribution < -0.4 is 10.1 Å². The van der Waals surface area contributed by atoms with Crippen molar-refractivity contribution in [2.45, 2.75) is 57.7 Å². The Morgan fingerprint density at radius 2 is 1.94 bits per heavy atom. The number of methoxy groups -OCH3 is 1. The molecule has 33 heavy (non-hydrogen) atoms. The van der Waals surface area contributed by atoms with Gasteiger partial charge in [-0.15, -0.1) is 11.3 Å². The van der Waals surface area contributed by atoms with Crippen molar-refractivity contribution in [1.29, 1.82) is 0 Å². The number of furan rings is 1. The minimum absolute atomic E-state index is 0.135. The maximum Gasteiger partial charge on any atom is 0.250 e. The summed E-state index contributed by atoms with van der Waals surface area (Å²) in [5.41, 5.74) is 0.835. The summed E-state index contributed by atoms with van der Waals surface area (Å²) in [5.74, 6) is 1.51. The molecule has 2 heterocycles. The van der Waals surface area contributed by atoms with Crippen molar-refractivity contribution >= 4 is 23.2 Å². The fraction of sp³-hybridized carbons (Fsp3) is 0.385. The van der Waals surface area contributed by atoms with Crippen LogP contribution in [0.2, 0.25) is 0 Å². The average molecular weight is 467 g/mol. The summed E-state index contributed by atoms with van der Waals surface area (Å²) < 4.78 is 11.4. The molecule has 1 aliphatic rings. The van der Waals surface area contributed by atoms with Crippen molar-refractivity contribution in [3.05, 3.63) is 75.9 Å². The van der Waals surface area contributed by atoms with Crippen LogP contribution in [0.1, 0.15) is 53.7 Å². The Bertz CT molecular complexity index is 1070. The van der Waals surface area contributed by atoms with Crippen molar-refractivity contribution in [1.82, 2.24) is 10.2 Å². The summed E-state index contributed by atoms with van der Waals surface area (Å²) in [5, 5.41) is 5.13. The molecule has 0 spiro atoms. The number of carbonyl (C=O) groups excluding carboxylic acids is 2. The van der Waals surface area contributed by atoms with Crippen LogP contribution in [0.3, 0.4) is 0 Å². The standard InChI is InChI=1S/C26H30N2O4S/c1-18-13-14-23(32-18)25(26(30)27-20-9-4-5-10-20)28(24(29)16-21-11-7-15-33-21)17-19-8-3-6-12-22(19)31-2/h3,6-8,11-15,20,25H,4-5,9-10,16-17H2,1-2H3,(H,27,30). The summed E-state index contributed by atoms with van der Waals surface area (Å²) in [6.07, 6.45) is 4.37. The SMILES string of the molecule is COc1ccccc1CN(C(=O)Cc1cccs1)C(C(=O)NC1CCCC1)c1ccc(C)o1. The molecule has 1 fully saturated rings. The maximum absolute atomic E-state index is 13.6. The number of thiophene rings is 1. The number of carbonyl (C=O) groups is 2. The number of hydrogen-bond donors (Lipinski definition) is 1. The van der Waals surface area contributed by atoms with Gasteiger partial charge >= 0.3 is 0 Å². The predicted molar refractivity (Wildman–Crippen MR) is 128 cm³/mol. The average Bonchev–Trinajstić information content (AvgIpc) is 3.58. The zero-order chi connectivity index (χ0) is 23.2. The van der Waals surface area contributed by atoms with Crippen LogP contribution in [0.15, 0.2) is 58.3 Å². The number of ether oxygens (including phenoxy) is 1. The monoisotopic (exact) mass is 466 g/mol. The molecule has 2 amide bonds.